The molecule has 88 valence electrons. The van der Waals surface area contributed by atoms with E-state index in [1.165, 1.54) is 16.0 Å². The van der Waals surface area contributed by atoms with Gasteiger partial charge in [0.05, 0.1) is 4.83 Å². The summed E-state index contributed by atoms with van der Waals surface area (Å²) in [4.78, 5) is 1.66. The van der Waals surface area contributed by atoms with Crippen LogP contribution in [0.4, 0.5) is 0 Å². The Morgan fingerprint density at radius 2 is 2.12 bits per heavy atom. The van der Waals surface area contributed by atoms with Crippen LogP contribution in [0.5, 0.6) is 0 Å². The molecule has 4 heteroatoms. The Labute approximate surface area is 126 Å². The summed E-state index contributed by atoms with van der Waals surface area (Å²) >= 11 is 15.0. The number of halogens is 3. The summed E-state index contributed by atoms with van der Waals surface area (Å²) in [5, 5.41) is 0. The molecule has 1 aliphatic rings. The molecule has 1 aliphatic carbocycles. The van der Waals surface area contributed by atoms with Gasteiger partial charge in [0.2, 0.25) is 0 Å². The summed E-state index contributed by atoms with van der Waals surface area (Å²) in [5.74, 6) is 0.577. The van der Waals surface area contributed by atoms with Crippen molar-refractivity contribution in [2.24, 2.45) is 0 Å². The molecule has 0 N–H and O–H groups in total. The Hall–Kier alpha value is 0.170. The molecule has 0 fully saturated rings. The highest BCUT2D eigenvalue weighted by Crippen LogP contribution is 2.50. The zero-order valence-electron chi connectivity index (χ0n) is 8.79. The van der Waals surface area contributed by atoms with Crippen LogP contribution in [0.2, 0.25) is 4.34 Å². The van der Waals surface area contributed by atoms with Crippen molar-refractivity contribution in [2.75, 3.05) is 0 Å². The molecular weight excluding hydrogens is 383 g/mol. The third kappa shape index (κ3) is 2.12. The highest BCUT2D eigenvalue weighted by molar-refractivity contribution is 9.10. The van der Waals surface area contributed by atoms with Crippen LogP contribution in [0.3, 0.4) is 0 Å². The third-order valence-electron chi connectivity index (χ3n) is 3.18. The molecule has 0 nitrogen and oxygen atoms in total. The number of thiophene rings is 1. The standard InChI is InChI=1S/C13H9Br2ClS/c14-10-6-11(17-13(10)16)12(15)9-5-7-3-1-2-4-8(7)9/h1-4,6,9,12H,5H2. The van der Waals surface area contributed by atoms with E-state index in [9.17, 15) is 0 Å². The average molecular weight is 393 g/mol. The van der Waals surface area contributed by atoms with Gasteiger partial charge in [-0.15, -0.1) is 11.3 Å². The molecule has 1 heterocycles. The lowest BCUT2D eigenvalue weighted by molar-refractivity contribution is 0.605. The highest BCUT2D eigenvalue weighted by Gasteiger charge is 2.33. The fraction of sp³-hybridized carbons (Fsp3) is 0.231. The van der Waals surface area contributed by atoms with Crippen molar-refractivity contribution >= 4 is 54.8 Å². The molecule has 1 aromatic carbocycles. The Kier molecular flexibility index (Phi) is 3.37. The van der Waals surface area contributed by atoms with Crippen molar-refractivity contribution in [3.8, 4) is 0 Å². The van der Waals surface area contributed by atoms with E-state index in [0.29, 0.717) is 10.7 Å². The minimum Gasteiger partial charge on any atom is -0.126 e. The minimum atomic E-state index is 0.367. The van der Waals surface area contributed by atoms with Gasteiger partial charge in [-0.3, -0.25) is 0 Å². The molecule has 0 bridgehead atoms. The molecule has 3 rings (SSSR count). The lowest BCUT2D eigenvalue weighted by atomic mass is 9.75. The van der Waals surface area contributed by atoms with Gasteiger partial charge in [0.25, 0.3) is 0 Å². The number of rotatable bonds is 2. The summed E-state index contributed by atoms with van der Waals surface area (Å²) < 4.78 is 1.83. The molecule has 0 aliphatic heterocycles. The van der Waals surface area contributed by atoms with Crippen LogP contribution in [-0.2, 0) is 6.42 Å². The predicted octanol–water partition coefficient (Wildman–Crippen LogP) is 5.94. The first-order valence-corrected chi connectivity index (χ1v) is 8.23. The Balaban J connectivity index is 1.88. The van der Waals surface area contributed by atoms with Gasteiger partial charge in [-0.25, -0.2) is 0 Å². The number of fused-ring (bicyclic) bond motifs is 1. The summed E-state index contributed by atoms with van der Waals surface area (Å²) in [5.41, 5.74) is 2.94. The number of alkyl halides is 1. The van der Waals surface area contributed by atoms with E-state index < -0.39 is 0 Å². The van der Waals surface area contributed by atoms with Gasteiger partial charge in [0.1, 0.15) is 4.34 Å². The first-order valence-electron chi connectivity index (χ1n) is 5.33. The van der Waals surface area contributed by atoms with Crippen molar-refractivity contribution in [2.45, 2.75) is 17.2 Å². The van der Waals surface area contributed by atoms with E-state index in [-0.39, 0.29) is 0 Å². The predicted molar refractivity (Wildman–Crippen MR) is 81.6 cm³/mol. The van der Waals surface area contributed by atoms with Crippen LogP contribution in [0.1, 0.15) is 26.7 Å². The van der Waals surface area contributed by atoms with E-state index in [1.54, 1.807) is 11.3 Å². The summed E-state index contributed by atoms with van der Waals surface area (Å²) in [6.45, 7) is 0. The van der Waals surface area contributed by atoms with Gasteiger partial charge in [0.15, 0.2) is 0 Å². The zero-order valence-corrected chi connectivity index (χ0v) is 13.5. The monoisotopic (exact) mass is 390 g/mol. The second-order valence-corrected chi connectivity index (χ2v) is 7.71. The Morgan fingerprint density at radius 3 is 2.76 bits per heavy atom. The fourth-order valence-corrected chi connectivity index (χ4v) is 4.92. The topological polar surface area (TPSA) is 0 Å². The number of benzene rings is 1. The quantitative estimate of drug-likeness (QED) is 0.555. The molecule has 2 unspecified atom stereocenters. The number of hydrogen-bond acceptors (Lipinski definition) is 1. The minimum absolute atomic E-state index is 0.367. The van der Waals surface area contributed by atoms with Crippen LogP contribution >= 0.6 is 54.8 Å². The lowest BCUT2D eigenvalue weighted by Crippen LogP contribution is -2.20. The van der Waals surface area contributed by atoms with E-state index in [0.717, 1.165) is 15.2 Å². The normalized spacial score (nSPS) is 19.6. The van der Waals surface area contributed by atoms with E-state index in [4.69, 9.17) is 11.6 Å². The maximum atomic E-state index is 6.09. The van der Waals surface area contributed by atoms with E-state index >= 15 is 0 Å². The molecule has 2 atom stereocenters. The average Bonchev–Trinajstić information content (AvgIpc) is 2.61. The van der Waals surface area contributed by atoms with Gasteiger partial charge < -0.3 is 0 Å². The van der Waals surface area contributed by atoms with E-state index in [1.807, 2.05) is 0 Å². The van der Waals surface area contributed by atoms with Gasteiger partial charge in [-0.2, -0.15) is 0 Å². The van der Waals surface area contributed by atoms with Crippen molar-refractivity contribution in [1.82, 2.24) is 0 Å². The van der Waals surface area contributed by atoms with E-state index in [2.05, 4.69) is 62.2 Å². The summed E-state index contributed by atoms with van der Waals surface area (Å²) in [6, 6.07) is 10.8. The highest BCUT2D eigenvalue weighted by atomic mass is 79.9. The summed E-state index contributed by atoms with van der Waals surface area (Å²) in [6.07, 6.45) is 1.15. The second kappa shape index (κ2) is 4.69. The van der Waals surface area contributed by atoms with Crippen LogP contribution in [0, 0.1) is 0 Å². The third-order valence-corrected chi connectivity index (χ3v) is 7.18. The van der Waals surface area contributed by atoms with Crippen LogP contribution in [0.25, 0.3) is 0 Å². The molecular formula is C13H9Br2ClS. The van der Waals surface area contributed by atoms with Gasteiger partial charge in [-0.1, -0.05) is 51.8 Å². The van der Waals surface area contributed by atoms with Gasteiger partial charge >= 0.3 is 0 Å². The van der Waals surface area contributed by atoms with Crippen molar-refractivity contribution in [3.05, 3.63) is 55.1 Å². The van der Waals surface area contributed by atoms with Crippen LogP contribution < -0.4 is 0 Å². The molecule has 17 heavy (non-hydrogen) atoms. The Morgan fingerprint density at radius 1 is 1.35 bits per heavy atom. The summed E-state index contributed by atoms with van der Waals surface area (Å²) in [7, 11) is 0. The fourth-order valence-electron chi connectivity index (χ4n) is 2.26. The van der Waals surface area contributed by atoms with Crippen molar-refractivity contribution in [3.63, 3.8) is 0 Å². The van der Waals surface area contributed by atoms with Crippen molar-refractivity contribution < 1.29 is 0 Å². The molecule has 0 radical (unpaired) electrons. The van der Waals surface area contributed by atoms with Gasteiger partial charge in [0, 0.05) is 15.3 Å². The zero-order chi connectivity index (χ0) is 12.0. The maximum absolute atomic E-state index is 6.09. The molecule has 0 saturated heterocycles. The molecule has 0 amide bonds. The SMILES string of the molecule is Clc1sc(C(Br)C2Cc3ccccc32)cc1Br. The van der Waals surface area contributed by atoms with Gasteiger partial charge in [-0.05, 0) is 39.5 Å². The first kappa shape index (κ1) is 12.2. The lowest BCUT2D eigenvalue weighted by Gasteiger charge is -2.33. The van der Waals surface area contributed by atoms with Crippen LogP contribution in [0.15, 0.2) is 34.8 Å². The molecule has 1 aromatic heterocycles. The second-order valence-electron chi connectivity index (χ2n) is 4.18. The Bertz CT molecular complexity index is 545. The van der Waals surface area contributed by atoms with Crippen LogP contribution in [-0.4, -0.2) is 0 Å². The largest absolute Gasteiger partial charge is 0.126 e. The molecule has 2 aromatic rings. The smallest absolute Gasteiger partial charge is 0.107 e. The molecule has 0 spiro atoms. The molecule has 0 saturated carbocycles. The first-order chi connectivity index (χ1) is 8.16. The van der Waals surface area contributed by atoms with Crippen molar-refractivity contribution in [1.29, 1.82) is 0 Å². The number of hydrogen-bond donors (Lipinski definition) is 0. The maximum Gasteiger partial charge on any atom is 0.107 e.